The van der Waals surface area contributed by atoms with Crippen LogP contribution in [0.1, 0.15) is 55.7 Å². The number of nitrogens with zero attached hydrogens (tertiary/aromatic N) is 1. The van der Waals surface area contributed by atoms with Crippen molar-refractivity contribution in [2.45, 2.75) is 57.0 Å². The Morgan fingerprint density at radius 2 is 1.47 bits per heavy atom. The van der Waals surface area contributed by atoms with E-state index >= 15 is 0 Å². The summed E-state index contributed by atoms with van der Waals surface area (Å²) in [5, 5.41) is 4.44. The van der Waals surface area contributed by atoms with Crippen molar-refractivity contribution in [1.29, 1.82) is 0 Å². The predicted octanol–water partition coefficient (Wildman–Crippen LogP) is 6.18. The third-order valence-electron chi connectivity index (χ3n) is 5.94. The first-order valence-corrected chi connectivity index (χ1v) is 12.4. The lowest BCUT2D eigenvalue weighted by Gasteiger charge is -2.32. The molecule has 1 N–H and O–H groups in total. The van der Waals surface area contributed by atoms with Crippen molar-refractivity contribution in [3.05, 3.63) is 69.7 Å². The summed E-state index contributed by atoms with van der Waals surface area (Å²) in [6.07, 6.45) is 7.13. The highest BCUT2D eigenvalue weighted by Crippen LogP contribution is 2.26. The molecule has 1 atom stereocenters. The highest BCUT2D eigenvalue weighted by Gasteiger charge is 2.32. The van der Waals surface area contributed by atoms with Gasteiger partial charge in [-0.2, -0.15) is 0 Å². The Labute approximate surface area is 205 Å². The highest BCUT2D eigenvalue weighted by atomic mass is 35.5. The lowest BCUT2D eigenvalue weighted by molar-refractivity contribution is -0.139. The molecule has 0 radical (unpaired) electrons. The summed E-state index contributed by atoms with van der Waals surface area (Å²) < 4.78 is 0. The Morgan fingerprint density at radius 1 is 0.906 bits per heavy atom. The fourth-order valence-electron chi connectivity index (χ4n) is 4.20. The van der Waals surface area contributed by atoms with Gasteiger partial charge in [0, 0.05) is 22.6 Å². The summed E-state index contributed by atoms with van der Waals surface area (Å²) in [6, 6.07) is 13.9. The molecule has 0 spiro atoms. The van der Waals surface area contributed by atoms with Gasteiger partial charge < -0.3 is 10.2 Å². The average molecular weight is 496 g/mol. The number of carbonyl (C=O) groups excluding carboxylic acids is 2. The fourth-order valence-corrected chi connectivity index (χ4v) is 4.60. The van der Waals surface area contributed by atoms with Crippen molar-refractivity contribution in [3.63, 3.8) is 0 Å². The van der Waals surface area contributed by atoms with Gasteiger partial charge in [0.05, 0.1) is 0 Å². The predicted molar refractivity (Wildman–Crippen MR) is 131 cm³/mol. The molecule has 172 valence electrons. The molecule has 0 aromatic heterocycles. The molecule has 0 bridgehead atoms. The van der Waals surface area contributed by atoms with E-state index in [9.17, 15) is 9.59 Å². The number of rotatable bonds is 8. The van der Waals surface area contributed by atoms with Crippen molar-refractivity contribution in [2.75, 3.05) is 12.4 Å². The molecule has 0 saturated heterocycles. The number of halogens is 3. The summed E-state index contributed by atoms with van der Waals surface area (Å²) in [4.78, 5) is 28.0. The highest BCUT2D eigenvalue weighted by molar-refractivity contribution is 6.30. The van der Waals surface area contributed by atoms with Gasteiger partial charge >= 0.3 is 0 Å². The first-order valence-electron chi connectivity index (χ1n) is 11.1. The maximum Gasteiger partial charge on any atom is 0.247 e. The van der Waals surface area contributed by atoms with Crippen LogP contribution < -0.4 is 5.32 Å². The van der Waals surface area contributed by atoms with Gasteiger partial charge in [-0.1, -0.05) is 73.2 Å². The van der Waals surface area contributed by atoms with Gasteiger partial charge in [-0.3, -0.25) is 9.59 Å². The second-order valence-electron chi connectivity index (χ2n) is 8.25. The van der Waals surface area contributed by atoms with Gasteiger partial charge in [0.25, 0.3) is 0 Å². The number of carbonyl (C=O) groups is 2. The van der Waals surface area contributed by atoms with Crippen LogP contribution in [0.4, 0.5) is 0 Å². The third-order valence-corrected chi connectivity index (χ3v) is 6.67. The maximum absolute atomic E-state index is 13.5. The van der Waals surface area contributed by atoms with E-state index < -0.39 is 6.04 Å². The molecule has 1 aliphatic carbocycles. The number of hydrogen-bond donors (Lipinski definition) is 1. The smallest absolute Gasteiger partial charge is 0.247 e. The molecule has 2 aromatic carbocycles. The zero-order chi connectivity index (χ0) is 22.9. The molecule has 1 saturated carbocycles. The Hall–Kier alpha value is -1.75. The van der Waals surface area contributed by atoms with Crippen molar-refractivity contribution >= 4 is 46.6 Å². The molecule has 3 rings (SSSR count). The van der Waals surface area contributed by atoms with E-state index in [1.807, 2.05) is 24.3 Å². The number of amides is 2. The van der Waals surface area contributed by atoms with Crippen LogP contribution in [0, 0.1) is 0 Å². The van der Waals surface area contributed by atoms with E-state index in [4.69, 9.17) is 34.8 Å². The number of alkyl halides is 1. The lowest BCUT2D eigenvalue weighted by Crippen LogP contribution is -2.47. The third kappa shape index (κ3) is 7.13. The average Bonchev–Trinajstić information content (AvgIpc) is 3.06. The van der Waals surface area contributed by atoms with E-state index in [0.717, 1.165) is 36.8 Å². The molecule has 32 heavy (non-hydrogen) atoms. The summed E-state index contributed by atoms with van der Waals surface area (Å²) in [7, 11) is 0. The minimum Gasteiger partial charge on any atom is -0.351 e. The maximum atomic E-state index is 13.5. The Kier molecular flexibility index (Phi) is 9.70. The minimum absolute atomic E-state index is 0.129. The first-order chi connectivity index (χ1) is 15.5. The number of nitrogens with one attached hydrogen (secondary N) is 1. The second kappa shape index (κ2) is 12.5. The molecule has 1 unspecified atom stereocenters. The summed E-state index contributed by atoms with van der Waals surface area (Å²) in [5.41, 5.74) is 1.75. The second-order valence-corrected chi connectivity index (χ2v) is 9.39. The Bertz CT molecular complexity index is 879. The van der Waals surface area contributed by atoms with Crippen molar-refractivity contribution in [3.8, 4) is 0 Å². The topological polar surface area (TPSA) is 49.4 Å². The van der Waals surface area contributed by atoms with Crippen LogP contribution >= 0.6 is 34.8 Å². The Morgan fingerprint density at radius 3 is 2.03 bits per heavy atom. The van der Waals surface area contributed by atoms with Gasteiger partial charge in [-0.25, -0.2) is 0 Å². The monoisotopic (exact) mass is 494 g/mol. The van der Waals surface area contributed by atoms with Crippen molar-refractivity contribution in [1.82, 2.24) is 10.2 Å². The van der Waals surface area contributed by atoms with Crippen LogP contribution in [0.25, 0.3) is 0 Å². The van der Waals surface area contributed by atoms with E-state index in [2.05, 4.69) is 5.32 Å². The van der Waals surface area contributed by atoms with Crippen LogP contribution in [0.5, 0.6) is 0 Å². The van der Waals surface area contributed by atoms with Gasteiger partial charge in [0.2, 0.25) is 11.8 Å². The molecule has 1 aliphatic rings. The summed E-state index contributed by atoms with van der Waals surface area (Å²) in [5.74, 6) is -0.646. The van der Waals surface area contributed by atoms with Gasteiger partial charge in [0.1, 0.15) is 11.9 Å². The molecular weight excluding hydrogens is 467 g/mol. The molecule has 1 fully saturated rings. The minimum atomic E-state index is -0.769. The molecule has 2 aromatic rings. The van der Waals surface area contributed by atoms with Crippen molar-refractivity contribution < 1.29 is 9.59 Å². The Balaban J connectivity index is 1.85. The van der Waals surface area contributed by atoms with Gasteiger partial charge in [-0.15, -0.1) is 11.6 Å². The van der Waals surface area contributed by atoms with E-state index in [1.165, 1.54) is 12.8 Å². The molecule has 7 heteroatoms. The van der Waals surface area contributed by atoms with Crippen LogP contribution in [0.2, 0.25) is 10.0 Å². The number of hydrogen-bond acceptors (Lipinski definition) is 2. The zero-order valence-electron chi connectivity index (χ0n) is 18.0. The van der Waals surface area contributed by atoms with Crippen LogP contribution in [-0.4, -0.2) is 35.2 Å². The first kappa shape index (κ1) is 24.9. The van der Waals surface area contributed by atoms with E-state index in [-0.39, 0.29) is 23.7 Å². The zero-order valence-corrected chi connectivity index (χ0v) is 20.3. The summed E-state index contributed by atoms with van der Waals surface area (Å²) in [6.45, 7) is 0.360. The van der Waals surface area contributed by atoms with E-state index in [0.29, 0.717) is 23.0 Å². The van der Waals surface area contributed by atoms with Crippen LogP contribution in [-0.2, 0) is 16.0 Å². The van der Waals surface area contributed by atoms with Gasteiger partial charge in [-0.05, 0) is 54.7 Å². The van der Waals surface area contributed by atoms with Gasteiger partial charge in [0.15, 0.2) is 0 Å². The van der Waals surface area contributed by atoms with Crippen molar-refractivity contribution in [2.24, 2.45) is 0 Å². The number of benzene rings is 2. The molecule has 2 amide bonds. The molecule has 0 heterocycles. The SMILES string of the molecule is O=C(NC1CCCCCC1)C(c1ccc(Cl)cc1)N(CCc1ccc(Cl)cc1)C(=O)CCl. The lowest BCUT2D eigenvalue weighted by atomic mass is 10.0. The van der Waals surface area contributed by atoms with Crippen LogP contribution in [0.3, 0.4) is 0 Å². The molecule has 0 aliphatic heterocycles. The fraction of sp³-hybridized carbons (Fsp3) is 0.440. The summed E-state index contributed by atoms with van der Waals surface area (Å²) >= 11 is 18.0. The normalized spacial score (nSPS) is 15.6. The standard InChI is InChI=1S/C25H29Cl3N2O2/c26-17-23(31)30(16-15-18-7-11-20(27)12-8-18)24(19-9-13-21(28)14-10-19)25(32)29-22-5-3-1-2-4-6-22/h7-14,22,24H,1-6,15-17H2,(H,29,32). The van der Waals surface area contributed by atoms with Crippen LogP contribution in [0.15, 0.2) is 48.5 Å². The van der Waals surface area contributed by atoms with E-state index in [1.54, 1.807) is 29.2 Å². The molecular formula is C25H29Cl3N2O2. The molecule has 4 nitrogen and oxygen atoms in total. The largest absolute Gasteiger partial charge is 0.351 e. The quantitative estimate of drug-likeness (QED) is 0.351.